The molecule has 0 aliphatic heterocycles. The fourth-order valence-corrected chi connectivity index (χ4v) is 2.11. The largest absolute Gasteiger partial charge is 0.385 e. The fraction of sp³-hybridized carbons (Fsp3) is 0.529. The quantitative estimate of drug-likeness (QED) is 0.610. The van der Waals surface area contributed by atoms with Crippen LogP contribution in [0.2, 0.25) is 0 Å². The molecule has 3 heteroatoms. The number of likely N-dealkylation sites (N-methyl/N-ethyl adjacent to an activating group) is 1. The van der Waals surface area contributed by atoms with Gasteiger partial charge in [-0.25, -0.2) is 0 Å². The highest BCUT2D eigenvalue weighted by molar-refractivity contribution is 5.13. The van der Waals surface area contributed by atoms with Crippen LogP contribution in [-0.4, -0.2) is 48.5 Å². The summed E-state index contributed by atoms with van der Waals surface area (Å²) in [5, 5.41) is 10.1. The molecule has 0 heterocycles. The van der Waals surface area contributed by atoms with Gasteiger partial charge in [-0.05, 0) is 13.8 Å². The minimum Gasteiger partial charge on any atom is -0.385 e. The van der Waals surface area contributed by atoms with Crippen molar-refractivity contribution in [3.63, 3.8) is 0 Å². The first-order valence-electron chi connectivity index (χ1n) is 6.90. The molecule has 110 valence electrons. The van der Waals surface area contributed by atoms with E-state index in [1.54, 1.807) is 0 Å². The smallest absolute Gasteiger partial charge is 0.126 e. The van der Waals surface area contributed by atoms with Crippen LogP contribution in [-0.2, 0) is 11.3 Å². The summed E-state index contributed by atoms with van der Waals surface area (Å²) in [4.78, 5) is 0. The molecule has 0 saturated heterocycles. The molecule has 0 amide bonds. The van der Waals surface area contributed by atoms with Crippen LogP contribution in [0.3, 0.4) is 0 Å². The van der Waals surface area contributed by atoms with Gasteiger partial charge in [0.1, 0.15) is 24.8 Å². The average molecular weight is 276 g/mol. The topological polar surface area (TPSA) is 29.5 Å². The Bertz CT molecular complexity index is 446. The first-order chi connectivity index (χ1) is 9.24. The molecule has 0 aliphatic carbocycles. The van der Waals surface area contributed by atoms with Gasteiger partial charge in [-0.1, -0.05) is 36.3 Å². The second-order valence-electron chi connectivity index (χ2n) is 6.38. The molecule has 0 fully saturated rings. The van der Waals surface area contributed by atoms with Gasteiger partial charge in [0, 0.05) is 5.56 Å². The van der Waals surface area contributed by atoms with E-state index >= 15 is 0 Å². The third-order valence-corrected chi connectivity index (χ3v) is 3.14. The SMILES string of the molecule is C#CC(C)(C)OCC(O)C[N+](C)(C)Cc1ccccc1. The minimum absolute atomic E-state index is 0.258. The summed E-state index contributed by atoms with van der Waals surface area (Å²) in [5.41, 5.74) is 0.631. The van der Waals surface area contributed by atoms with Gasteiger partial charge in [0.2, 0.25) is 0 Å². The van der Waals surface area contributed by atoms with E-state index in [0.29, 0.717) is 11.0 Å². The van der Waals surface area contributed by atoms with E-state index in [2.05, 4.69) is 32.1 Å². The van der Waals surface area contributed by atoms with Gasteiger partial charge in [-0.3, -0.25) is 0 Å². The highest BCUT2D eigenvalue weighted by atomic mass is 16.5. The minimum atomic E-state index is -0.627. The summed E-state index contributed by atoms with van der Waals surface area (Å²) >= 11 is 0. The van der Waals surface area contributed by atoms with Gasteiger partial charge in [0.05, 0.1) is 20.7 Å². The van der Waals surface area contributed by atoms with E-state index in [1.807, 2.05) is 32.0 Å². The lowest BCUT2D eigenvalue weighted by atomic mass is 10.1. The van der Waals surface area contributed by atoms with Gasteiger partial charge in [-0.2, -0.15) is 0 Å². The zero-order chi connectivity index (χ0) is 15.2. The first-order valence-corrected chi connectivity index (χ1v) is 6.90. The number of quaternary nitrogens is 1. The van der Waals surface area contributed by atoms with Crippen LogP contribution < -0.4 is 0 Å². The second kappa shape index (κ2) is 6.90. The molecule has 3 nitrogen and oxygen atoms in total. The van der Waals surface area contributed by atoms with Crippen molar-refractivity contribution in [2.24, 2.45) is 0 Å². The molecule has 0 saturated carbocycles. The maximum absolute atomic E-state index is 10.1. The fourth-order valence-electron chi connectivity index (χ4n) is 2.11. The highest BCUT2D eigenvalue weighted by Crippen LogP contribution is 2.12. The Labute approximate surface area is 122 Å². The zero-order valence-electron chi connectivity index (χ0n) is 13.0. The summed E-state index contributed by atoms with van der Waals surface area (Å²) < 4.78 is 6.24. The maximum Gasteiger partial charge on any atom is 0.126 e. The molecular weight excluding hydrogens is 250 g/mol. The number of hydrogen-bond acceptors (Lipinski definition) is 2. The Morgan fingerprint density at radius 3 is 2.45 bits per heavy atom. The normalized spacial score (nSPS) is 13.8. The van der Waals surface area contributed by atoms with Gasteiger partial charge in [0.25, 0.3) is 0 Å². The lowest BCUT2D eigenvalue weighted by Crippen LogP contribution is -2.46. The summed E-state index contributed by atoms with van der Waals surface area (Å²) in [5.74, 6) is 2.56. The molecule has 0 aliphatic rings. The Morgan fingerprint density at radius 2 is 1.90 bits per heavy atom. The molecule has 1 rings (SSSR count). The van der Waals surface area contributed by atoms with Crippen molar-refractivity contribution in [3.05, 3.63) is 35.9 Å². The standard InChI is InChI=1S/C17H26NO2/c1-6-17(2,3)20-14-16(19)13-18(4,5)12-15-10-8-7-9-11-15/h1,7-11,16,19H,12-14H2,2-5H3/q+1. The molecule has 1 unspecified atom stereocenters. The Hall–Kier alpha value is -1.34. The van der Waals surface area contributed by atoms with Crippen LogP contribution in [0, 0.1) is 12.3 Å². The van der Waals surface area contributed by atoms with Gasteiger partial charge < -0.3 is 14.3 Å². The highest BCUT2D eigenvalue weighted by Gasteiger charge is 2.23. The number of terminal acetylenes is 1. The summed E-state index contributed by atoms with van der Waals surface area (Å²) in [6, 6.07) is 10.3. The summed E-state index contributed by atoms with van der Waals surface area (Å²) in [6.45, 7) is 5.40. The third-order valence-electron chi connectivity index (χ3n) is 3.14. The van der Waals surface area contributed by atoms with Gasteiger partial charge in [-0.15, -0.1) is 6.42 Å². The van der Waals surface area contributed by atoms with Crippen molar-refractivity contribution in [2.45, 2.75) is 32.1 Å². The lowest BCUT2D eigenvalue weighted by Gasteiger charge is -2.32. The molecular formula is C17H26NO2+. The van der Waals surface area contributed by atoms with E-state index in [0.717, 1.165) is 6.54 Å². The molecule has 1 aromatic rings. The van der Waals surface area contributed by atoms with Crippen LogP contribution in [0.5, 0.6) is 0 Å². The third kappa shape index (κ3) is 6.21. The molecule has 0 spiro atoms. The molecule has 0 radical (unpaired) electrons. The number of aliphatic hydroxyl groups excluding tert-OH is 1. The van der Waals surface area contributed by atoms with E-state index in [9.17, 15) is 5.11 Å². The molecule has 0 aromatic heterocycles. The van der Waals surface area contributed by atoms with Gasteiger partial charge >= 0.3 is 0 Å². The van der Waals surface area contributed by atoms with Crippen molar-refractivity contribution in [3.8, 4) is 12.3 Å². The van der Waals surface area contributed by atoms with Crippen molar-refractivity contribution >= 4 is 0 Å². The predicted octanol–water partition coefficient (Wildman–Crippen LogP) is 2.05. The molecule has 1 N–H and O–H groups in total. The monoisotopic (exact) mass is 276 g/mol. The molecule has 20 heavy (non-hydrogen) atoms. The van der Waals surface area contributed by atoms with Crippen LogP contribution in [0.15, 0.2) is 30.3 Å². The number of rotatable bonds is 7. The number of ether oxygens (including phenoxy) is 1. The number of benzene rings is 1. The Kier molecular flexibility index (Phi) is 5.76. The van der Waals surface area contributed by atoms with Crippen LogP contribution in [0.1, 0.15) is 19.4 Å². The molecule has 1 aromatic carbocycles. The zero-order valence-corrected chi connectivity index (χ0v) is 13.0. The van der Waals surface area contributed by atoms with E-state index in [-0.39, 0.29) is 6.61 Å². The van der Waals surface area contributed by atoms with Crippen molar-refractivity contribution in [2.75, 3.05) is 27.2 Å². The van der Waals surface area contributed by atoms with Crippen molar-refractivity contribution in [1.29, 1.82) is 0 Å². The number of nitrogens with zero attached hydrogens (tertiary/aromatic N) is 1. The lowest BCUT2D eigenvalue weighted by molar-refractivity contribution is -0.906. The average Bonchev–Trinajstić information content (AvgIpc) is 2.36. The number of aliphatic hydroxyl groups is 1. The maximum atomic E-state index is 10.1. The summed E-state index contributed by atoms with van der Waals surface area (Å²) in [7, 11) is 4.20. The second-order valence-corrected chi connectivity index (χ2v) is 6.38. The van der Waals surface area contributed by atoms with E-state index in [4.69, 9.17) is 11.2 Å². The van der Waals surface area contributed by atoms with E-state index in [1.165, 1.54) is 5.56 Å². The molecule has 1 atom stereocenters. The van der Waals surface area contributed by atoms with Crippen LogP contribution in [0.25, 0.3) is 0 Å². The Morgan fingerprint density at radius 1 is 1.30 bits per heavy atom. The summed E-state index contributed by atoms with van der Waals surface area (Å²) in [6.07, 6.45) is 4.83. The van der Waals surface area contributed by atoms with Crippen molar-refractivity contribution < 1.29 is 14.3 Å². The van der Waals surface area contributed by atoms with Crippen LogP contribution in [0.4, 0.5) is 0 Å². The first kappa shape index (κ1) is 16.7. The van der Waals surface area contributed by atoms with Crippen molar-refractivity contribution in [1.82, 2.24) is 0 Å². The van der Waals surface area contributed by atoms with Gasteiger partial charge in [0.15, 0.2) is 0 Å². The van der Waals surface area contributed by atoms with Crippen LogP contribution >= 0.6 is 0 Å². The Balaban J connectivity index is 2.48. The number of hydrogen-bond donors (Lipinski definition) is 1. The molecule has 0 bridgehead atoms. The van der Waals surface area contributed by atoms with E-state index < -0.39 is 11.7 Å². The predicted molar refractivity (Wildman–Crippen MR) is 82.0 cm³/mol.